The fraction of sp³-hybridized carbons (Fsp3) is 0.348. The van der Waals surface area contributed by atoms with Crippen LogP contribution in [0.15, 0.2) is 65.8 Å². The summed E-state index contributed by atoms with van der Waals surface area (Å²) < 4.78 is 7.60. The van der Waals surface area contributed by atoms with Gasteiger partial charge >= 0.3 is 0 Å². The molecule has 6 nitrogen and oxygen atoms in total. The molecule has 1 fully saturated rings. The van der Waals surface area contributed by atoms with E-state index in [9.17, 15) is 4.79 Å². The van der Waals surface area contributed by atoms with Crippen LogP contribution in [0.4, 0.5) is 0 Å². The molecule has 0 spiro atoms. The Morgan fingerprint density at radius 3 is 2.53 bits per heavy atom. The Hall–Kier alpha value is -2.64. The molecule has 156 valence electrons. The summed E-state index contributed by atoms with van der Waals surface area (Å²) in [6.45, 7) is 0.704. The van der Waals surface area contributed by atoms with Gasteiger partial charge in [0.15, 0.2) is 17.1 Å². The van der Waals surface area contributed by atoms with E-state index in [1.807, 2.05) is 65.0 Å². The number of ether oxygens (including phenoxy) is 1. The van der Waals surface area contributed by atoms with Crippen LogP contribution in [0.1, 0.15) is 41.9 Å². The number of likely N-dealkylation sites (tertiary alicyclic amines) is 1. The van der Waals surface area contributed by atoms with Crippen LogP contribution in [0.25, 0.3) is 0 Å². The zero-order valence-corrected chi connectivity index (χ0v) is 18.1. The lowest BCUT2D eigenvalue weighted by molar-refractivity contribution is -0.143. The van der Waals surface area contributed by atoms with Gasteiger partial charge in [-0.15, -0.1) is 10.2 Å². The maximum Gasteiger partial charge on any atom is 0.256 e. The minimum absolute atomic E-state index is 0.0207. The Kier molecular flexibility index (Phi) is 6.50. The standard InChI is InChI=1S/C23H26N4O2S/c1-26-21(24-25-23(26)30-16-17-10-5-3-6-11-17)19-14-9-15-27(19)22(28)20(29-2)18-12-7-4-8-13-18/h3-8,10-13,19-20H,9,14-16H2,1-2H3/t19-,20-/m1/s1. The zero-order valence-electron chi connectivity index (χ0n) is 17.3. The Morgan fingerprint density at radius 1 is 1.13 bits per heavy atom. The molecule has 4 rings (SSSR count). The highest BCUT2D eigenvalue weighted by atomic mass is 32.2. The van der Waals surface area contributed by atoms with Crippen molar-refractivity contribution in [2.24, 2.45) is 7.05 Å². The van der Waals surface area contributed by atoms with Gasteiger partial charge in [-0.2, -0.15) is 0 Å². The van der Waals surface area contributed by atoms with Crippen LogP contribution in [-0.2, 0) is 22.3 Å². The number of benzene rings is 2. The number of aromatic nitrogens is 3. The van der Waals surface area contributed by atoms with E-state index >= 15 is 0 Å². The highest BCUT2D eigenvalue weighted by Gasteiger charge is 2.37. The van der Waals surface area contributed by atoms with Gasteiger partial charge in [0.2, 0.25) is 0 Å². The molecule has 2 atom stereocenters. The van der Waals surface area contributed by atoms with Gasteiger partial charge in [-0.3, -0.25) is 4.79 Å². The van der Waals surface area contributed by atoms with Crippen molar-refractivity contribution in [3.63, 3.8) is 0 Å². The molecule has 0 aliphatic carbocycles. The monoisotopic (exact) mass is 422 g/mol. The van der Waals surface area contributed by atoms with E-state index in [4.69, 9.17) is 4.74 Å². The number of rotatable bonds is 7. The molecule has 1 aromatic heterocycles. The van der Waals surface area contributed by atoms with Crippen molar-refractivity contribution >= 4 is 17.7 Å². The molecule has 0 radical (unpaired) electrons. The number of carbonyl (C=O) groups excluding carboxylic acids is 1. The molecule has 1 aliphatic heterocycles. The number of carbonyl (C=O) groups is 1. The number of hydrogen-bond donors (Lipinski definition) is 0. The first-order chi connectivity index (χ1) is 14.7. The number of amides is 1. The van der Waals surface area contributed by atoms with Crippen LogP contribution in [0.5, 0.6) is 0 Å². The van der Waals surface area contributed by atoms with E-state index in [-0.39, 0.29) is 11.9 Å². The molecule has 0 bridgehead atoms. The highest BCUT2D eigenvalue weighted by molar-refractivity contribution is 7.98. The maximum atomic E-state index is 13.3. The molecule has 30 heavy (non-hydrogen) atoms. The summed E-state index contributed by atoms with van der Waals surface area (Å²) in [5, 5.41) is 9.72. The van der Waals surface area contributed by atoms with Crippen molar-refractivity contribution in [3.05, 3.63) is 77.6 Å². The predicted octanol–water partition coefficient (Wildman–Crippen LogP) is 4.16. The second kappa shape index (κ2) is 9.45. The van der Waals surface area contributed by atoms with Crippen LogP contribution in [0.2, 0.25) is 0 Å². The fourth-order valence-electron chi connectivity index (χ4n) is 3.92. The molecule has 2 aromatic carbocycles. The third-order valence-electron chi connectivity index (χ3n) is 5.48. The van der Waals surface area contributed by atoms with E-state index in [2.05, 4.69) is 22.3 Å². The normalized spacial score (nSPS) is 17.3. The summed E-state index contributed by atoms with van der Waals surface area (Å²) in [6, 6.07) is 19.9. The maximum absolute atomic E-state index is 13.3. The van der Waals surface area contributed by atoms with Crippen LogP contribution in [0.3, 0.4) is 0 Å². The van der Waals surface area contributed by atoms with Gasteiger partial charge in [0, 0.05) is 26.5 Å². The van der Waals surface area contributed by atoms with E-state index in [1.165, 1.54) is 5.56 Å². The van der Waals surface area contributed by atoms with E-state index in [0.717, 1.165) is 35.1 Å². The summed E-state index contributed by atoms with van der Waals surface area (Å²) in [7, 11) is 3.57. The molecule has 0 saturated carbocycles. The lowest BCUT2D eigenvalue weighted by atomic mass is 10.1. The molecular formula is C23H26N4O2S. The Balaban J connectivity index is 1.51. The lowest BCUT2D eigenvalue weighted by Gasteiger charge is -2.28. The molecule has 3 aromatic rings. The Bertz CT molecular complexity index is 977. The minimum atomic E-state index is -0.605. The van der Waals surface area contributed by atoms with Crippen molar-refractivity contribution in [1.82, 2.24) is 19.7 Å². The highest BCUT2D eigenvalue weighted by Crippen LogP contribution is 2.35. The number of nitrogens with zero attached hydrogens (tertiary/aromatic N) is 4. The van der Waals surface area contributed by atoms with E-state index in [0.29, 0.717) is 6.54 Å². The summed E-state index contributed by atoms with van der Waals surface area (Å²) in [5.41, 5.74) is 2.11. The third kappa shape index (κ3) is 4.27. The van der Waals surface area contributed by atoms with Crippen molar-refractivity contribution in [2.75, 3.05) is 13.7 Å². The first kappa shape index (κ1) is 20.6. The summed E-state index contributed by atoms with van der Waals surface area (Å²) in [6.07, 6.45) is 1.22. The van der Waals surface area contributed by atoms with Crippen molar-refractivity contribution in [1.29, 1.82) is 0 Å². The van der Waals surface area contributed by atoms with Crippen LogP contribution >= 0.6 is 11.8 Å². The van der Waals surface area contributed by atoms with Gasteiger partial charge in [-0.25, -0.2) is 0 Å². The van der Waals surface area contributed by atoms with Crippen molar-refractivity contribution < 1.29 is 9.53 Å². The first-order valence-corrected chi connectivity index (χ1v) is 11.1. The van der Waals surface area contributed by atoms with Gasteiger partial charge in [-0.05, 0) is 24.0 Å². The van der Waals surface area contributed by atoms with Crippen LogP contribution in [0, 0.1) is 0 Å². The Labute approximate surface area is 181 Å². The molecule has 2 heterocycles. The second-order valence-corrected chi connectivity index (χ2v) is 8.33. The molecule has 7 heteroatoms. The van der Waals surface area contributed by atoms with Gasteiger partial charge in [0.1, 0.15) is 0 Å². The van der Waals surface area contributed by atoms with Gasteiger partial charge in [-0.1, -0.05) is 72.4 Å². The minimum Gasteiger partial charge on any atom is -0.367 e. The van der Waals surface area contributed by atoms with E-state index < -0.39 is 6.10 Å². The van der Waals surface area contributed by atoms with Crippen LogP contribution < -0.4 is 0 Å². The van der Waals surface area contributed by atoms with Gasteiger partial charge in [0.05, 0.1) is 6.04 Å². The Morgan fingerprint density at radius 2 is 1.83 bits per heavy atom. The zero-order chi connectivity index (χ0) is 20.9. The number of thioether (sulfide) groups is 1. The summed E-state index contributed by atoms with van der Waals surface area (Å²) in [5.74, 6) is 1.65. The molecule has 1 aliphatic rings. The molecule has 0 unspecified atom stereocenters. The van der Waals surface area contributed by atoms with Crippen LogP contribution in [-0.4, -0.2) is 39.2 Å². The molecular weight excluding hydrogens is 396 g/mol. The predicted molar refractivity (Wildman–Crippen MR) is 117 cm³/mol. The first-order valence-electron chi connectivity index (χ1n) is 10.1. The number of methoxy groups -OCH3 is 1. The smallest absolute Gasteiger partial charge is 0.256 e. The average Bonchev–Trinajstić information content (AvgIpc) is 3.40. The third-order valence-corrected chi connectivity index (χ3v) is 6.57. The largest absolute Gasteiger partial charge is 0.367 e. The van der Waals surface area contributed by atoms with Crippen molar-refractivity contribution in [3.8, 4) is 0 Å². The lowest BCUT2D eigenvalue weighted by Crippen LogP contribution is -2.36. The van der Waals surface area contributed by atoms with E-state index in [1.54, 1.807) is 18.9 Å². The fourth-order valence-corrected chi connectivity index (χ4v) is 4.79. The topological polar surface area (TPSA) is 60.2 Å². The SMILES string of the molecule is CO[C@@H](C(=O)N1CCC[C@@H]1c1nnc(SCc2ccccc2)n1C)c1ccccc1. The summed E-state index contributed by atoms with van der Waals surface area (Å²) >= 11 is 1.66. The van der Waals surface area contributed by atoms with Crippen molar-refractivity contribution in [2.45, 2.75) is 35.9 Å². The molecule has 1 saturated heterocycles. The molecule has 0 N–H and O–H groups in total. The quantitative estimate of drug-likeness (QED) is 0.535. The average molecular weight is 423 g/mol. The van der Waals surface area contributed by atoms with Gasteiger partial charge in [0.25, 0.3) is 5.91 Å². The number of hydrogen-bond acceptors (Lipinski definition) is 5. The molecule has 1 amide bonds. The van der Waals surface area contributed by atoms with Gasteiger partial charge < -0.3 is 14.2 Å². The summed E-state index contributed by atoms with van der Waals surface area (Å²) in [4.78, 5) is 15.2. The second-order valence-electron chi connectivity index (χ2n) is 7.39.